The Morgan fingerprint density at radius 3 is 2.60 bits per heavy atom. The number of nitrogens with one attached hydrogen (secondary N) is 1. The SMILES string of the molecule is C1C[C@H](C2OCCO2)CN1. The molecule has 2 rings (SSSR count). The van der Waals surface area contributed by atoms with Gasteiger partial charge in [0.25, 0.3) is 0 Å². The van der Waals surface area contributed by atoms with Crippen LogP contribution < -0.4 is 5.32 Å². The molecule has 3 nitrogen and oxygen atoms in total. The van der Waals surface area contributed by atoms with Gasteiger partial charge >= 0.3 is 0 Å². The quantitative estimate of drug-likeness (QED) is 0.559. The van der Waals surface area contributed by atoms with Gasteiger partial charge in [-0.1, -0.05) is 0 Å². The molecule has 1 N–H and O–H groups in total. The Kier molecular flexibility index (Phi) is 1.88. The van der Waals surface area contributed by atoms with Crippen molar-refractivity contribution in [2.24, 2.45) is 5.92 Å². The Morgan fingerprint density at radius 2 is 2.00 bits per heavy atom. The van der Waals surface area contributed by atoms with Crippen LogP contribution in [0.25, 0.3) is 0 Å². The van der Waals surface area contributed by atoms with Crippen molar-refractivity contribution in [1.82, 2.24) is 5.32 Å². The second kappa shape index (κ2) is 2.86. The van der Waals surface area contributed by atoms with Crippen molar-refractivity contribution in [3.05, 3.63) is 0 Å². The topological polar surface area (TPSA) is 30.5 Å². The Hall–Kier alpha value is -0.120. The molecule has 0 aromatic heterocycles. The van der Waals surface area contributed by atoms with Gasteiger partial charge in [0, 0.05) is 12.5 Å². The van der Waals surface area contributed by atoms with E-state index in [9.17, 15) is 0 Å². The Balaban J connectivity index is 1.85. The van der Waals surface area contributed by atoms with E-state index in [1.165, 1.54) is 6.42 Å². The highest BCUT2D eigenvalue weighted by atomic mass is 16.7. The van der Waals surface area contributed by atoms with Crippen molar-refractivity contribution < 1.29 is 9.47 Å². The highest BCUT2D eigenvalue weighted by Crippen LogP contribution is 2.19. The lowest BCUT2D eigenvalue weighted by molar-refractivity contribution is -0.0776. The highest BCUT2D eigenvalue weighted by Gasteiger charge is 2.28. The minimum Gasteiger partial charge on any atom is -0.350 e. The first-order valence-electron chi connectivity index (χ1n) is 3.91. The maximum Gasteiger partial charge on any atom is 0.161 e. The van der Waals surface area contributed by atoms with Crippen molar-refractivity contribution in [3.63, 3.8) is 0 Å². The molecule has 2 saturated heterocycles. The van der Waals surface area contributed by atoms with Crippen molar-refractivity contribution in [2.45, 2.75) is 12.7 Å². The van der Waals surface area contributed by atoms with E-state index >= 15 is 0 Å². The second-order valence-electron chi connectivity index (χ2n) is 2.86. The summed E-state index contributed by atoms with van der Waals surface area (Å²) >= 11 is 0. The van der Waals surface area contributed by atoms with E-state index in [0.29, 0.717) is 5.92 Å². The third-order valence-corrected chi connectivity index (χ3v) is 2.13. The first-order valence-corrected chi connectivity index (χ1v) is 3.91. The van der Waals surface area contributed by atoms with Crippen LogP contribution in [0.2, 0.25) is 0 Å². The minimum atomic E-state index is 0.0926. The minimum absolute atomic E-state index is 0.0926. The van der Waals surface area contributed by atoms with Crippen LogP contribution in [0.15, 0.2) is 0 Å². The molecule has 0 aromatic rings. The summed E-state index contributed by atoms with van der Waals surface area (Å²) in [6.07, 6.45) is 1.29. The van der Waals surface area contributed by atoms with Gasteiger partial charge in [0.1, 0.15) is 0 Å². The van der Waals surface area contributed by atoms with Crippen molar-refractivity contribution in [1.29, 1.82) is 0 Å². The van der Waals surface area contributed by atoms with E-state index < -0.39 is 0 Å². The summed E-state index contributed by atoms with van der Waals surface area (Å²) in [5, 5.41) is 3.29. The second-order valence-corrected chi connectivity index (χ2v) is 2.86. The van der Waals surface area contributed by atoms with Crippen molar-refractivity contribution >= 4 is 0 Å². The number of ether oxygens (including phenoxy) is 2. The Bertz CT molecular complexity index is 92.2. The van der Waals surface area contributed by atoms with Gasteiger partial charge in [-0.05, 0) is 13.0 Å². The normalized spacial score (nSPS) is 35.4. The van der Waals surface area contributed by atoms with Gasteiger partial charge in [-0.25, -0.2) is 0 Å². The molecule has 10 heavy (non-hydrogen) atoms. The first kappa shape index (κ1) is 6.58. The first-order chi connectivity index (χ1) is 4.97. The monoisotopic (exact) mass is 143 g/mol. The van der Waals surface area contributed by atoms with Crippen LogP contribution in [0, 0.1) is 5.92 Å². The summed E-state index contributed by atoms with van der Waals surface area (Å²) in [5.41, 5.74) is 0. The molecule has 0 saturated carbocycles. The number of hydrogen-bond donors (Lipinski definition) is 1. The molecular weight excluding hydrogens is 130 g/mol. The smallest absolute Gasteiger partial charge is 0.161 e. The zero-order valence-electron chi connectivity index (χ0n) is 6.01. The van der Waals surface area contributed by atoms with Crippen LogP contribution in [0.3, 0.4) is 0 Å². The van der Waals surface area contributed by atoms with E-state index in [2.05, 4.69) is 5.32 Å². The van der Waals surface area contributed by atoms with Crippen molar-refractivity contribution in [2.75, 3.05) is 26.3 Å². The van der Waals surface area contributed by atoms with E-state index in [0.717, 1.165) is 26.3 Å². The molecule has 3 heteroatoms. The summed E-state index contributed by atoms with van der Waals surface area (Å²) in [5.74, 6) is 0.600. The molecule has 0 aliphatic carbocycles. The molecule has 2 aliphatic rings. The molecule has 0 radical (unpaired) electrons. The Morgan fingerprint density at radius 1 is 1.20 bits per heavy atom. The molecule has 0 spiro atoms. The van der Waals surface area contributed by atoms with Crippen LogP contribution in [0.1, 0.15) is 6.42 Å². The fourth-order valence-electron chi connectivity index (χ4n) is 1.56. The third kappa shape index (κ3) is 1.17. The fraction of sp³-hybridized carbons (Fsp3) is 1.00. The average Bonchev–Trinajstić information content (AvgIpc) is 2.59. The van der Waals surface area contributed by atoms with E-state index in [4.69, 9.17) is 9.47 Å². The molecule has 2 aliphatic heterocycles. The molecular formula is C7H13NO2. The highest BCUT2D eigenvalue weighted by molar-refractivity contribution is 4.75. The lowest BCUT2D eigenvalue weighted by Gasteiger charge is -2.14. The van der Waals surface area contributed by atoms with Crippen LogP contribution >= 0.6 is 0 Å². The molecule has 0 amide bonds. The maximum absolute atomic E-state index is 5.37. The summed E-state index contributed by atoms with van der Waals surface area (Å²) in [6.45, 7) is 3.74. The van der Waals surface area contributed by atoms with Gasteiger partial charge in [0.05, 0.1) is 13.2 Å². The van der Waals surface area contributed by atoms with E-state index in [1.807, 2.05) is 0 Å². The summed E-state index contributed by atoms with van der Waals surface area (Å²) < 4.78 is 10.7. The van der Waals surface area contributed by atoms with Crippen LogP contribution in [-0.2, 0) is 9.47 Å². The zero-order valence-corrected chi connectivity index (χ0v) is 6.01. The molecule has 2 fully saturated rings. The maximum atomic E-state index is 5.37. The third-order valence-electron chi connectivity index (χ3n) is 2.13. The molecule has 0 bridgehead atoms. The zero-order chi connectivity index (χ0) is 6.81. The molecule has 1 atom stereocenters. The Labute approximate surface area is 60.7 Å². The standard InChI is InChI=1S/C7H13NO2/c1-2-8-5-6(1)7-9-3-4-10-7/h6-8H,1-5H2/t6-/m0/s1. The fourth-order valence-corrected chi connectivity index (χ4v) is 1.56. The van der Waals surface area contributed by atoms with Gasteiger partial charge in [-0.3, -0.25) is 0 Å². The number of rotatable bonds is 1. The van der Waals surface area contributed by atoms with Crippen LogP contribution in [-0.4, -0.2) is 32.6 Å². The molecule has 0 unspecified atom stereocenters. The largest absolute Gasteiger partial charge is 0.350 e. The van der Waals surface area contributed by atoms with E-state index in [1.54, 1.807) is 0 Å². The van der Waals surface area contributed by atoms with Gasteiger partial charge in [0.15, 0.2) is 6.29 Å². The van der Waals surface area contributed by atoms with Gasteiger partial charge < -0.3 is 14.8 Å². The predicted molar refractivity (Wildman–Crippen MR) is 36.7 cm³/mol. The molecule has 58 valence electrons. The van der Waals surface area contributed by atoms with Gasteiger partial charge in [-0.15, -0.1) is 0 Å². The summed E-state index contributed by atoms with van der Waals surface area (Å²) in [4.78, 5) is 0. The molecule has 0 aromatic carbocycles. The summed E-state index contributed by atoms with van der Waals surface area (Å²) in [7, 11) is 0. The average molecular weight is 143 g/mol. The van der Waals surface area contributed by atoms with Crippen molar-refractivity contribution in [3.8, 4) is 0 Å². The van der Waals surface area contributed by atoms with Gasteiger partial charge in [0.2, 0.25) is 0 Å². The number of hydrogen-bond acceptors (Lipinski definition) is 3. The van der Waals surface area contributed by atoms with Crippen LogP contribution in [0.4, 0.5) is 0 Å². The predicted octanol–water partition coefficient (Wildman–Crippen LogP) is -0.0312. The lowest BCUT2D eigenvalue weighted by Crippen LogP contribution is -2.23. The summed E-state index contributed by atoms with van der Waals surface area (Å²) in [6, 6.07) is 0. The van der Waals surface area contributed by atoms with Crippen LogP contribution in [0.5, 0.6) is 0 Å². The van der Waals surface area contributed by atoms with E-state index in [-0.39, 0.29) is 6.29 Å². The molecule has 2 heterocycles. The lowest BCUT2D eigenvalue weighted by atomic mass is 10.1. The van der Waals surface area contributed by atoms with Gasteiger partial charge in [-0.2, -0.15) is 0 Å².